The van der Waals surface area contributed by atoms with Crippen molar-refractivity contribution in [3.8, 4) is 0 Å². The van der Waals surface area contributed by atoms with Gasteiger partial charge in [-0.05, 0) is 13.0 Å². The van der Waals surface area contributed by atoms with E-state index in [4.69, 9.17) is 5.73 Å². The third-order valence-corrected chi connectivity index (χ3v) is 1.86. The maximum Gasteiger partial charge on any atom is 0.217 e. The molecule has 0 aliphatic rings. The molecule has 0 spiro atoms. The van der Waals surface area contributed by atoms with Crippen molar-refractivity contribution in [1.82, 2.24) is 20.1 Å². The fourth-order valence-corrected chi connectivity index (χ4v) is 1.07. The Balaban J connectivity index is 2.10. The number of nitrogens with zero attached hydrogens (tertiary/aromatic N) is 3. The van der Waals surface area contributed by atoms with Gasteiger partial charge in [0.05, 0.1) is 6.54 Å². The van der Waals surface area contributed by atoms with Crippen molar-refractivity contribution in [1.29, 1.82) is 0 Å². The molecule has 0 radical (unpaired) electrons. The first-order chi connectivity index (χ1) is 6.70. The summed E-state index contributed by atoms with van der Waals surface area (Å²) in [6.45, 7) is 1.42. The molecule has 6 nitrogen and oxygen atoms in total. The summed E-state index contributed by atoms with van der Waals surface area (Å²) >= 11 is 0. The number of carbonyl (C=O) groups is 1. The number of aryl methyl sites for hydroxylation is 1. The molecule has 3 N–H and O–H groups in total. The fraction of sp³-hybridized carbons (Fsp3) is 0.625. The molecule has 1 heterocycles. The molecular formula is C8H15N5O. The highest BCUT2D eigenvalue weighted by Gasteiger charge is 1.99. The third-order valence-electron chi connectivity index (χ3n) is 1.86. The maximum atomic E-state index is 10.4. The minimum Gasteiger partial charge on any atom is -0.370 e. The van der Waals surface area contributed by atoms with Crippen LogP contribution in [0.3, 0.4) is 0 Å². The average Bonchev–Trinajstić information content (AvgIpc) is 2.51. The van der Waals surface area contributed by atoms with Crippen LogP contribution in [0.1, 0.15) is 18.7 Å². The van der Waals surface area contributed by atoms with Gasteiger partial charge in [-0.3, -0.25) is 9.48 Å². The molecule has 0 unspecified atom stereocenters. The highest BCUT2D eigenvalue weighted by molar-refractivity contribution is 5.73. The Labute approximate surface area is 82.5 Å². The van der Waals surface area contributed by atoms with Gasteiger partial charge in [0, 0.05) is 13.5 Å². The molecule has 0 fully saturated rings. The lowest BCUT2D eigenvalue weighted by atomic mass is 10.3. The van der Waals surface area contributed by atoms with Crippen molar-refractivity contribution >= 4 is 5.91 Å². The van der Waals surface area contributed by atoms with Gasteiger partial charge in [-0.25, -0.2) is 4.98 Å². The van der Waals surface area contributed by atoms with Gasteiger partial charge in [0.15, 0.2) is 0 Å². The van der Waals surface area contributed by atoms with Crippen molar-refractivity contribution in [2.24, 2.45) is 12.8 Å². The van der Waals surface area contributed by atoms with Gasteiger partial charge in [0.2, 0.25) is 5.91 Å². The Morgan fingerprint density at radius 3 is 3.07 bits per heavy atom. The van der Waals surface area contributed by atoms with Crippen LogP contribution in [0.25, 0.3) is 0 Å². The minimum atomic E-state index is -0.259. The van der Waals surface area contributed by atoms with Gasteiger partial charge in [0.25, 0.3) is 0 Å². The number of amides is 1. The van der Waals surface area contributed by atoms with E-state index >= 15 is 0 Å². The molecule has 1 rings (SSSR count). The highest BCUT2D eigenvalue weighted by atomic mass is 16.1. The summed E-state index contributed by atoms with van der Waals surface area (Å²) in [6, 6.07) is 0. The zero-order valence-electron chi connectivity index (χ0n) is 8.23. The second-order valence-corrected chi connectivity index (χ2v) is 3.05. The number of hydrogen-bond donors (Lipinski definition) is 2. The minimum absolute atomic E-state index is 0.259. The van der Waals surface area contributed by atoms with E-state index in [1.54, 1.807) is 4.68 Å². The molecule has 0 aromatic carbocycles. The van der Waals surface area contributed by atoms with E-state index in [1.807, 2.05) is 7.05 Å². The summed E-state index contributed by atoms with van der Waals surface area (Å²) in [5.74, 6) is 0.620. The number of nitrogens with one attached hydrogen (secondary N) is 1. The quantitative estimate of drug-likeness (QED) is 0.583. The second kappa shape index (κ2) is 5.33. The monoisotopic (exact) mass is 197 g/mol. The molecule has 14 heavy (non-hydrogen) atoms. The van der Waals surface area contributed by atoms with Crippen LogP contribution in [-0.2, 0) is 18.4 Å². The van der Waals surface area contributed by atoms with Crippen molar-refractivity contribution in [2.75, 3.05) is 6.54 Å². The van der Waals surface area contributed by atoms with E-state index in [0.29, 0.717) is 13.0 Å². The van der Waals surface area contributed by atoms with Crippen molar-refractivity contribution in [2.45, 2.75) is 19.4 Å². The van der Waals surface area contributed by atoms with Crippen molar-refractivity contribution in [3.63, 3.8) is 0 Å². The maximum absolute atomic E-state index is 10.4. The first-order valence-corrected chi connectivity index (χ1v) is 4.52. The van der Waals surface area contributed by atoms with Gasteiger partial charge in [-0.15, -0.1) is 0 Å². The second-order valence-electron chi connectivity index (χ2n) is 3.05. The smallest absolute Gasteiger partial charge is 0.217 e. The molecule has 6 heteroatoms. The van der Waals surface area contributed by atoms with E-state index in [-0.39, 0.29) is 5.91 Å². The highest BCUT2D eigenvalue weighted by Crippen LogP contribution is 1.90. The molecule has 1 aromatic rings. The average molecular weight is 197 g/mol. The number of aromatic nitrogens is 3. The molecule has 0 aliphatic heterocycles. The van der Waals surface area contributed by atoms with Crippen LogP contribution in [0, 0.1) is 0 Å². The first-order valence-electron chi connectivity index (χ1n) is 4.52. The molecule has 0 aliphatic carbocycles. The van der Waals surface area contributed by atoms with Gasteiger partial charge in [0.1, 0.15) is 12.2 Å². The predicted molar refractivity (Wildman–Crippen MR) is 51.1 cm³/mol. The Bertz CT molecular complexity index is 296. The van der Waals surface area contributed by atoms with E-state index in [2.05, 4.69) is 15.4 Å². The van der Waals surface area contributed by atoms with E-state index in [1.165, 1.54) is 6.33 Å². The van der Waals surface area contributed by atoms with Crippen LogP contribution in [0.15, 0.2) is 6.33 Å². The SMILES string of the molecule is Cn1ncnc1CNCCCC(N)=O. The van der Waals surface area contributed by atoms with Crippen LogP contribution in [0.4, 0.5) is 0 Å². The normalized spacial score (nSPS) is 10.4. The summed E-state index contributed by atoms with van der Waals surface area (Å²) in [7, 11) is 1.84. The van der Waals surface area contributed by atoms with E-state index < -0.39 is 0 Å². The number of hydrogen-bond acceptors (Lipinski definition) is 4. The molecule has 0 bridgehead atoms. The molecule has 0 saturated heterocycles. The summed E-state index contributed by atoms with van der Waals surface area (Å²) in [5.41, 5.74) is 5.00. The first kappa shape index (κ1) is 10.6. The lowest BCUT2D eigenvalue weighted by Crippen LogP contribution is -2.20. The zero-order valence-corrected chi connectivity index (χ0v) is 8.23. The standard InChI is InChI=1S/C8H15N5O/c1-13-8(11-6-12-13)5-10-4-2-3-7(9)14/h6,10H,2-5H2,1H3,(H2,9,14). The van der Waals surface area contributed by atoms with Crippen LogP contribution in [0.2, 0.25) is 0 Å². The van der Waals surface area contributed by atoms with Gasteiger partial charge in [-0.1, -0.05) is 0 Å². The number of primary amides is 1. The number of carbonyl (C=O) groups excluding carboxylic acids is 1. The molecule has 78 valence electrons. The van der Waals surface area contributed by atoms with Crippen LogP contribution >= 0.6 is 0 Å². The molecule has 1 aromatic heterocycles. The van der Waals surface area contributed by atoms with Crippen molar-refractivity contribution < 1.29 is 4.79 Å². The lowest BCUT2D eigenvalue weighted by molar-refractivity contribution is -0.118. The fourth-order valence-electron chi connectivity index (χ4n) is 1.07. The topological polar surface area (TPSA) is 85.8 Å². The van der Waals surface area contributed by atoms with Gasteiger partial charge >= 0.3 is 0 Å². The van der Waals surface area contributed by atoms with Gasteiger partial charge in [-0.2, -0.15) is 5.10 Å². The molecule has 0 atom stereocenters. The van der Waals surface area contributed by atoms with Crippen LogP contribution < -0.4 is 11.1 Å². The molecule has 0 saturated carbocycles. The van der Waals surface area contributed by atoms with Crippen LogP contribution in [0.5, 0.6) is 0 Å². The molecule has 1 amide bonds. The summed E-state index contributed by atoms with van der Waals surface area (Å²) < 4.78 is 1.71. The number of nitrogens with two attached hydrogens (primary N) is 1. The summed E-state index contributed by atoms with van der Waals surface area (Å²) in [6.07, 6.45) is 2.69. The Morgan fingerprint density at radius 2 is 2.50 bits per heavy atom. The largest absolute Gasteiger partial charge is 0.370 e. The third kappa shape index (κ3) is 3.53. The Kier molecular flexibility index (Phi) is 4.06. The van der Waals surface area contributed by atoms with Gasteiger partial charge < -0.3 is 11.1 Å². The Hall–Kier alpha value is -1.43. The lowest BCUT2D eigenvalue weighted by Gasteiger charge is -2.02. The predicted octanol–water partition coefficient (Wildman–Crippen LogP) is -0.830. The van der Waals surface area contributed by atoms with Crippen LogP contribution in [-0.4, -0.2) is 27.2 Å². The Morgan fingerprint density at radius 1 is 1.71 bits per heavy atom. The number of rotatable bonds is 6. The molecular weight excluding hydrogens is 182 g/mol. The summed E-state index contributed by atoms with van der Waals surface area (Å²) in [5, 5.41) is 7.09. The van der Waals surface area contributed by atoms with E-state index in [0.717, 1.165) is 18.8 Å². The summed E-state index contributed by atoms with van der Waals surface area (Å²) in [4.78, 5) is 14.5. The van der Waals surface area contributed by atoms with Crippen molar-refractivity contribution in [3.05, 3.63) is 12.2 Å². The zero-order chi connectivity index (χ0) is 10.4. The van der Waals surface area contributed by atoms with E-state index in [9.17, 15) is 4.79 Å².